The summed E-state index contributed by atoms with van der Waals surface area (Å²) in [6.07, 6.45) is 0.724. The number of rotatable bonds is 6. The van der Waals surface area contributed by atoms with Crippen LogP contribution >= 0.6 is 19.1 Å². The molecule has 2 heterocycles. The van der Waals surface area contributed by atoms with Crippen molar-refractivity contribution in [2.24, 2.45) is 15.9 Å². The molecular formula is C24H34ClN4O5P. The van der Waals surface area contributed by atoms with Gasteiger partial charge in [-0.05, 0) is 30.9 Å². The van der Waals surface area contributed by atoms with Crippen LogP contribution in [0.4, 0.5) is 5.69 Å². The van der Waals surface area contributed by atoms with E-state index in [1.54, 1.807) is 11.5 Å². The average molecular weight is 525 g/mol. The molecule has 1 aliphatic heterocycles. The Morgan fingerprint density at radius 3 is 2.37 bits per heavy atom. The van der Waals surface area contributed by atoms with Crippen molar-refractivity contribution in [3.8, 4) is 11.6 Å². The van der Waals surface area contributed by atoms with E-state index >= 15 is 0 Å². The van der Waals surface area contributed by atoms with E-state index in [0.717, 1.165) is 6.42 Å². The first kappa shape index (κ1) is 27.1. The van der Waals surface area contributed by atoms with Crippen LogP contribution in [0.25, 0.3) is 0 Å². The van der Waals surface area contributed by atoms with E-state index in [2.05, 4.69) is 30.9 Å². The number of benzene rings is 1. The Bertz CT molecular complexity index is 1250. The monoisotopic (exact) mass is 524 g/mol. The summed E-state index contributed by atoms with van der Waals surface area (Å²) in [4.78, 5) is 12.2. The number of amidine groups is 1. The number of nitrogens with zero attached hydrogens (tertiary/aromatic N) is 2. The Kier molecular flexibility index (Phi) is 7.12. The first-order chi connectivity index (χ1) is 16.0. The Morgan fingerprint density at radius 1 is 1.23 bits per heavy atom. The van der Waals surface area contributed by atoms with Crippen LogP contribution < -0.4 is 16.4 Å². The van der Waals surface area contributed by atoms with E-state index in [9.17, 15) is 19.6 Å². The third kappa shape index (κ3) is 5.22. The fourth-order valence-electron chi connectivity index (χ4n) is 4.09. The summed E-state index contributed by atoms with van der Waals surface area (Å²) in [5.41, 5.74) is 5.58. The molecule has 0 aliphatic carbocycles. The fourth-order valence-corrected chi connectivity index (χ4v) is 6.22. The number of nitrogens with two attached hydrogens (primary N) is 1. The Balaban J connectivity index is 2.30. The molecule has 9 nitrogen and oxygen atoms in total. The van der Waals surface area contributed by atoms with Crippen molar-refractivity contribution in [3.05, 3.63) is 34.0 Å². The molecule has 5 N–H and O–H groups in total. The van der Waals surface area contributed by atoms with Crippen LogP contribution in [0.2, 0.25) is 5.02 Å². The van der Waals surface area contributed by atoms with Gasteiger partial charge in [0.2, 0.25) is 5.88 Å². The molecule has 0 spiro atoms. The van der Waals surface area contributed by atoms with Crippen molar-refractivity contribution in [3.63, 3.8) is 0 Å². The Morgan fingerprint density at radius 2 is 1.86 bits per heavy atom. The summed E-state index contributed by atoms with van der Waals surface area (Å²) in [5.74, 6) is -1.32. The smallest absolute Gasteiger partial charge is 0.348 e. The fraction of sp³-hybridized carbons (Fsp3) is 0.500. The first-order valence-corrected chi connectivity index (χ1v) is 13.4. The highest BCUT2D eigenvalue weighted by Crippen LogP contribution is 2.54. The summed E-state index contributed by atoms with van der Waals surface area (Å²) >= 11 is 6.16. The maximum atomic E-state index is 13.9. The second-order valence-corrected chi connectivity index (χ2v) is 13.2. The maximum Gasteiger partial charge on any atom is 0.348 e. The predicted molar refractivity (Wildman–Crippen MR) is 140 cm³/mol. The molecule has 11 heteroatoms. The Hall–Kier alpha value is -2.48. The number of fused-ring (bicyclic) bond motifs is 1. The number of hydrogen-bond acceptors (Lipinski definition) is 6. The molecule has 1 aromatic heterocycles. The summed E-state index contributed by atoms with van der Waals surface area (Å²) in [7, 11) is -3.95. The molecule has 1 unspecified atom stereocenters. The largest absolute Gasteiger partial charge is 0.505 e. The third-order valence-electron chi connectivity index (χ3n) is 5.67. The van der Waals surface area contributed by atoms with Gasteiger partial charge < -0.3 is 30.4 Å². The molecule has 1 amide bonds. The lowest BCUT2D eigenvalue weighted by Crippen LogP contribution is -2.29. The molecular weight excluding hydrogens is 491 g/mol. The quantitative estimate of drug-likeness (QED) is 0.387. The SMILES string of the molecule is CCOP1(=O)N=C(c2c(O)c(C(C)(C)C)n(CCC(C)(C)C)c2O)Nc2c(C(N)=O)cc(Cl)cc21. The number of halogens is 1. The number of anilines is 1. The number of aromatic nitrogens is 1. The van der Waals surface area contributed by atoms with E-state index in [1.807, 2.05) is 20.8 Å². The average Bonchev–Trinajstić information content (AvgIpc) is 2.95. The second kappa shape index (κ2) is 9.19. The summed E-state index contributed by atoms with van der Waals surface area (Å²) in [5, 5.41) is 25.8. The molecule has 0 fully saturated rings. The van der Waals surface area contributed by atoms with Gasteiger partial charge in [0.25, 0.3) is 5.91 Å². The lowest BCUT2D eigenvalue weighted by atomic mass is 9.89. The number of carbonyl (C=O) groups is 1. The van der Waals surface area contributed by atoms with Crippen molar-refractivity contribution in [1.29, 1.82) is 0 Å². The van der Waals surface area contributed by atoms with Crippen molar-refractivity contribution >= 4 is 41.9 Å². The molecule has 2 aromatic rings. The standard InChI is InChI=1S/C24H34ClN4O5P/c1-8-34-35(33)15-12-13(25)11-14(20(26)31)17(15)27-21(28-35)16-18(30)19(24(5,6)7)29(22(16)32)10-9-23(2,3)4/h11-12,30,32H,8-10H2,1-7H3,(H2,26,31)(H,27,28,33). The molecule has 35 heavy (non-hydrogen) atoms. The molecule has 1 aromatic carbocycles. The zero-order chi connectivity index (χ0) is 26.5. The lowest BCUT2D eigenvalue weighted by Gasteiger charge is -2.26. The molecule has 1 atom stereocenters. The second-order valence-electron chi connectivity index (χ2n) is 10.8. The number of aromatic hydroxyl groups is 2. The van der Waals surface area contributed by atoms with E-state index < -0.39 is 18.8 Å². The molecule has 192 valence electrons. The van der Waals surface area contributed by atoms with Gasteiger partial charge in [-0.25, -0.2) is 0 Å². The van der Waals surface area contributed by atoms with Crippen LogP contribution in [-0.2, 0) is 21.0 Å². The van der Waals surface area contributed by atoms with Gasteiger partial charge in [0.1, 0.15) is 5.56 Å². The van der Waals surface area contributed by atoms with Crippen molar-refractivity contribution in [1.82, 2.24) is 4.57 Å². The predicted octanol–water partition coefficient (Wildman–Crippen LogP) is 5.11. The zero-order valence-corrected chi connectivity index (χ0v) is 22.8. The van der Waals surface area contributed by atoms with Crippen LogP contribution in [0.15, 0.2) is 16.9 Å². The highest BCUT2D eigenvalue weighted by atomic mass is 35.5. The highest BCUT2D eigenvalue weighted by molar-refractivity contribution is 7.66. The van der Waals surface area contributed by atoms with Gasteiger partial charge in [-0.15, -0.1) is 0 Å². The molecule has 0 saturated carbocycles. The third-order valence-corrected chi connectivity index (χ3v) is 7.93. The molecule has 0 bridgehead atoms. The van der Waals surface area contributed by atoms with Crippen LogP contribution in [0, 0.1) is 5.41 Å². The van der Waals surface area contributed by atoms with Gasteiger partial charge in [-0.2, -0.15) is 4.76 Å². The number of primary amides is 1. The van der Waals surface area contributed by atoms with Gasteiger partial charge >= 0.3 is 7.52 Å². The molecule has 3 rings (SSSR count). The van der Waals surface area contributed by atoms with Gasteiger partial charge in [0, 0.05) is 17.0 Å². The molecule has 0 radical (unpaired) electrons. The van der Waals surface area contributed by atoms with E-state index in [0.29, 0.717) is 12.2 Å². The number of nitrogens with one attached hydrogen (secondary N) is 1. The maximum absolute atomic E-state index is 13.9. The zero-order valence-electron chi connectivity index (χ0n) is 21.2. The van der Waals surface area contributed by atoms with Crippen molar-refractivity contribution in [2.75, 3.05) is 11.9 Å². The minimum absolute atomic E-state index is 0.0120. The Labute approximate surface area is 210 Å². The van der Waals surface area contributed by atoms with Crippen LogP contribution in [-0.4, -0.2) is 33.1 Å². The number of amides is 1. The van der Waals surface area contributed by atoms with E-state index in [1.165, 1.54) is 12.1 Å². The van der Waals surface area contributed by atoms with Crippen LogP contribution in [0.5, 0.6) is 11.6 Å². The van der Waals surface area contributed by atoms with E-state index in [-0.39, 0.29) is 56.6 Å². The lowest BCUT2D eigenvalue weighted by molar-refractivity contribution is 0.100. The number of hydrogen-bond donors (Lipinski definition) is 4. The first-order valence-electron chi connectivity index (χ1n) is 11.4. The minimum Gasteiger partial charge on any atom is -0.505 e. The van der Waals surface area contributed by atoms with E-state index in [4.69, 9.17) is 21.9 Å². The van der Waals surface area contributed by atoms with Crippen molar-refractivity contribution < 1.29 is 24.1 Å². The minimum atomic E-state index is -3.95. The summed E-state index contributed by atoms with van der Waals surface area (Å²) in [6.45, 7) is 14.2. The van der Waals surface area contributed by atoms with Crippen LogP contribution in [0.3, 0.4) is 0 Å². The number of carbonyl (C=O) groups excluding carboxylic acids is 1. The van der Waals surface area contributed by atoms with Gasteiger partial charge in [0.05, 0.1) is 28.9 Å². The van der Waals surface area contributed by atoms with Gasteiger partial charge in [-0.3, -0.25) is 9.36 Å². The molecule has 1 aliphatic rings. The van der Waals surface area contributed by atoms with Gasteiger partial charge in [-0.1, -0.05) is 53.1 Å². The normalized spacial score (nSPS) is 18.1. The van der Waals surface area contributed by atoms with Gasteiger partial charge in [0.15, 0.2) is 11.6 Å². The highest BCUT2D eigenvalue weighted by Gasteiger charge is 2.40. The van der Waals surface area contributed by atoms with Crippen molar-refractivity contribution in [2.45, 2.75) is 66.8 Å². The summed E-state index contributed by atoms with van der Waals surface area (Å²) in [6, 6.07) is 2.76. The molecule has 0 saturated heterocycles. The van der Waals surface area contributed by atoms with Crippen LogP contribution in [0.1, 0.15) is 76.5 Å². The summed E-state index contributed by atoms with van der Waals surface area (Å²) < 4.78 is 25.4. The topological polar surface area (TPSA) is 139 Å².